The van der Waals surface area contributed by atoms with E-state index in [2.05, 4.69) is 0 Å². The van der Waals surface area contributed by atoms with E-state index in [9.17, 15) is 0 Å². The molecule has 1 rings (SSSR count). The van der Waals surface area contributed by atoms with Crippen molar-refractivity contribution in [2.75, 3.05) is 0 Å². The van der Waals surface area contributed by atoms with Gasteiger partial charge in [0.15, 0.2) is 0 Å². The highest BCUT2D eigenvalue weighted by Gasteiger charge is 2.13. The first-order chi connectivity index (χ1) is 5.80. The van der Waals surface area contributed by atoms with Gasteiger partial charge in [-0.2, -0.15) is 0 Å². The standard InChI is InChI=1S/C10H22N2/c11-9-7-5-3-1-2-4-6-8-10(9)12/h9-10H,1-8,11-12H2/t9-,10-/m1/s1. The minimum Gasteiger partial charge on any atom is -0.326 e. The average molecular weight is 170 g/mol. The zero-order valence-corrected chi connectivity index (χ0v) is 7.97. The lowest BCUT2D eigenvalue weighted by Gasteiger charge is -2.20. The first-order valence-electron chi connectivity index (χ1n) is 5.32. The minimum atomic E-state index is 0.253. The number of hydrogen-bond donors (Lipinski definition) is 2. The molecular formula is C10H22N2. The Morgan fingerprint density at radius 2 is 0.917 bits per heavy atom. The highest BCUT2D eigenvalue weighted by Crippen LogP contribution is 2.15. The number of nitrogens with two attached hydrogens (primary N) is 2. The van der Waals surface area contributed by atoms with Crippen molar-refractivity contribution in [2.45, 2.75) is 63.5 Å². The molecule has 0 bridgehead atoms. The fourth-order valence-corrected chi connectivity index (χ4v) is 1.90. The van der Waals surface area contributed by atoms with Gasteiger partial charge in [-0.05, 0) is 12.8 Å². The van der Waals surface area contributed by atoms with Gasteiger partial charge in [0.05, 0.1) is 0 Å². The van der Waals surface area contributed by atoms with Crippen molar-refractivity contribution < 1.29 is 0 Å². The van der Waals surface area contributed by atoms with Gasteiger partial charge >= 0.3 is 0 Å². The largest absolute Gasteiger partial charge is 0.326 e. The summed E-state index contributed by atoms with van der Waals surface area (Å²) in [6.45, 7) is 0. The molecule has 0 aromatic heterocycles. The van der Waals surface area contributed by atoms with Crippen molar-refractivity contribution >= 4 is 0 Å². The quantitative estimate of drug-likeness (QED) is 0.582. The van der Waals surface area contributed by atoms with Crippen LogP contribution in [-0.4, -0.2) is 12.1 Å². The molecule has 0 radical (unpaired) electrons. The van der Waals surface area contributed by atoms with Gasteiger partial charge in [0.2, 0.25) is 0 Å². The molecule has 0 aliphatic heterocycles. The molecule has 0 aromatic carbocycles. The summed E-state index contributed by atoms with van der Waals surface area (Å²) < 4.78 is 0. The summed E-state index contributed by atoms with van der Waals surface area (Å²) in [5, 5.41) is 0. The lowest BCUT2D eigenvalue weighted by Crippen LogP contribution is -2.41. The maximum atomic E-state index is 5.94. The van der Waals surface area contributed by atoms with Gasteiger partial charge in [-0.3, -0.25) is 0 Å². The molecule has 72 valence electrons. The minimum absolute atomic E-state index is 0.253. The molecule has 12 heavy (non-hydrogen) atoms. The average Bonchev–Trinajstić information content (AvgIpc) is 2.08. The zero-order valence-electron chi connectivity index (χ0n) is 7.97. The highest BCUT2D eigenvalue weighted by molar-refractivity contribution is 4.76. The van der Waals surface area contributed by atoms with E-state index in [1.165, 1.54) is 38.5 Å². The molecule has 2 heteroatoms. The van der Waals surface area contributed by atoms with Crippen molar-refractivity contribution in [1.82, 2.24) is 0 Å². The van der Waals surface area contributed by atoms with Gasteiger partial charge in [-0.1, -0.05) is 38.5 Å². The number of hydrogen-bond acceptors (Lipinski definition) is 2. The van der Waals surface area contributed by atoms with Crippen LogP contribution in [0.2, 0.25) is 0 Å². The Balaban J connectivity index is 2.26. The lowest BCUT2D eigenvalue weighted by molar-refractivity contribution is 0.413. The van der Waals surface area contributed by atoms with Crippen LogP contribution in [0.5, 0.6) is 0 Å². The van der Waals surface area contributed by atoms with Crippen LogP contribution in [-0.2, 0) is 0 Å². The fraction of sp³-hybridized carbons (Fsp3) is 1.00. The SMILES string of the molecule is N[C@@H]1CCCCCCCC[C@H]1N. The molecule has 0 unspecified atom stereocenters. The fourth-order valence-electron chi connectivity index (χ4n) is 1.90. The van der Waals surface area contributed by atoms with Crippen LogP contribution in [0.4, 0.5) is 0 Å². The second-order valence-electron chi connectivity index (χ2n) is 4.03. The summed E-state index contributed by atoms with van der Waals surface area (Å²) in [6.07, 6.45) is 10.3. The van der Waals surface area contributed by atoms with Crippen molar-refractivity contribution in [3.8, 4) is 0 Å². The first kappa shape index (κ1) is 10.0. The van der Waals surface area contributed by atoms with E-state index in [4.69, 9.17) is 11.5 Å². The van der Waals surface area contributed by atoms with Crippen molar-refractivity contribution in [2.24, 2.45) is 11.5 Å². The van der Waals surface area contributed by atoms with Crippen LogP contribution in [0.1, 0.15) is 51.4 Å². The Morgan fingerprint density at radius 1 is 0.583 bits per heavy atom. The molecule has 1 fully saturated rings. The molecule has 2 atom stereocenters. The summed E-state index contributed by atoms with van der Waals surface area (Å²) in [7, 11) is 0. The topological polar surface area (TPSA) is 52.0 Å². The van der Waals surface area contributed by atoms with Crippen molar-refractivity contribution in [3.05, 3.63) is 0 Å². The van der Waals surface area contributed by atoms with Crippen LogP contribution in [0.25, 0.3) is 0 Å². The smallest absolute Gasteiger partial charge is 0.0192 e. The zero-order chi connectivity index (χ0) is 8.81. The van der Waals surface area contributed by atoms with Gasteiger partial charge in [-0.15, -0.1) is 0 Å². The van der Waals surface area contributed by atoms with Gasteiger partial charge in [0.1, 0.15) is 0 Å². The molecule has 0 saturated heterocycles. The molecular weight excluding hydrogens is 148 g/mol. The Hall–Kier alpha value is -0.0800. The summed E-state index contributed by atoms with van der Waals surface area (Å²) in [6, 6.07) is 0.506. The summed E-state index contributed by atoms with van der Waals surface area (Å²) >= 11 is 0. The van der Waals surface area contributed by atoms with Gasteiger partial charge in [-0.25, -0.2) is 0 Å². The van der Waals surface area contributed by atoms with Crippen molar-refractivity contribution in [3.63, 3.8) is 0 Å². The van der Waals surface area contributed by atoms with E-state index >= 15 is 0 Å². The predicted octanol–water partition coefficient (Wildman–Crippen LogP) is 1.78. The maximum Gasteiger partial charge on any atom is 0.0192 e. The Kier molecular flexibility index (Phi) is 4.62. The van der Waals surface area contributed by atoms with E-state index in [-0.39, 0.29) is 12.1 Å². The van der Waals surface area contributed by atoms with Gasteiger partial charge in [0.25, 0.3) is 0 Å². The monoisotopic (exact) mass is 170 g/mol. The summed E-state index contributed by atoms with van der Waals surface area (Å²) in [4.78, 5) is 0. The second-order valence-corrected chi connectivity index (χ2v) is 4.03. The molecule has 0 spiro atoms. The second kappa shape index (κ2) is 5.55. The Morgan fingerprint density at radius 3 is 1.33 bits per heavy atom. The van der Waals surface area contributed by atoms with E-state index < -0.39 is 0 Å². The predicted molar refractivity (Wildman–Crippen MR) is 52.9 cm³/mol. The molecule has 1 aliphatic carbocycles. The normalized spacial score (nSPS) is 34.5. The highest BCUT2D eigenvalue weighted by atomic mass is 14.8. The van der Waals surface area contributed by atoms with Crippen molar-refractivity contribution in [1.29, 1.82) is 0 Å². The van der Waals surface area contributed by atoms with Crippen LogP contribution >= 0.6 is 0 Å². The molecule has 0 aromatic rings. The molecule has 2 nitrogen and oxygen atoms in total. The van der Waals surface area contributed by atoms with E-state index in [1.807, 2.05) is 0 Å². The lowest BCUT2D eigenvalue weighted by atomic mass is 9.95. The van der Waals surface area contributed by atoms with E-state index in [0.29, 0.717) is 0 Å². The third kappa shape index (κ3) is 3.55. The summed E-state index contributed by atoms with van der Waals surface area (Å²) in [5.74, 6) is 0. The molecule has 0 heterocycles. The van der Waals surface area contributed by atoms with E-state index in [1.54, 1.807) is 0 Å². The molecule has 1 aliphatic rings. The molecule has 0 amide bonds. The van der Waals surface area contributed by atoms with Gasteiger partial charge < -0.3 is 11.5 Å². The molecule has 1 saturated carbocycles. The number of rotatable bonds is 0. The third-order valence-corrected chi connectivity index (χ3v) is 2.87. The van der Waals surface area contributed by atoms with Crippen LogP contribution in [0.15, 0.2) is 0 Å². The molecule has 4 N–H and O–H groups in total. The van der Waals surface area contributed by atoms with E-state index in [0.717, 1.165) is 12.8 Å². The summed E-state index contributed by atoms with van der Waals surface area (Å²) in [5.41, 5.74) is 11.9. The third-order valence-electron chi connectivity index (χ3n) is 2.87. The Labute approximate surface area is 75.7 Å². The van der Waals surface area contributed by atoms with Crippen LogP contribution in [0, 0.1) is 0 Å². The maximum absolute atomic E-state index is 5.94. The Bertz CT molecular complexity index is 100. The van der Waals surface area contributed by atoms with Crippen LogP contribution in [0.3, 0.4) is 0 Å². The first-order valence-corrected chi connectivity index (χ1v) is 5.32. The van der Waals surface area contributed by atoms with Gasteiger partial charge in [0, 0.05) is 12.1 Å². The van der Waals surface area contributed by atoms with Crippen LogP contribution < -0.4 is 11.5 Å².